The third kappa shape index (κ3) is 3.57. The van der Waals surface area contributed by atoms with E-state index in [1.165, 1.54) is 0 Å². The normalized spacial score (nSPS) is 15.4. The Kier molecular flexibility index (Phi) is 4.89. The molecule has 1 aromatic heterocycles. The van der Waals surface area contributed by atoms with Crippen molar-refractivity contribution in [3.05, 3.63) is 11.7 Å². The van der Waals surface area contributed by atoms with Gasteiger partial charge in [0.05, 0.1) is 5.92 Å². The Balaban J connectivity index is 2.57. The Morgan fingerprint density at radius 2 is 2.06 bits per heavy atom. The van der Waals surface area contributed by atoms with Gasteiger partial charge >= 0.3 is 0 Å². The first-order valence-corrected chi connectivity index (χ1v) is 5.69. The van der Waals surface area contributed by atoms with Gasteiger partial charge in [0.2, 0.25) is 5.89 Å². The highest BCUT2D eigenvalue weighted by atomic mass is 16.5. The Morgan fingerprint density at radius 1 is 1.38 bits per heavy atom. The maximum Gasteiger partial charge on any atom is 0.231 e. The predicted octanol–water partition coefficient (Wildman–Crippen LogP) is 0.885. The lowest BCUT2D eigenvalue weighted by Gasteiger charge is -2.14. The molecule has 0 saturated heterocycles. The number of aromatic nitrogens is 2. The van der Waals surface area contributed by atoms with Gasteiger partial charge in [-0.05, 0) is 28.1 Å². The summed E-state index contributed by atoms with van der Waals surface area (Å²) in [5.74, 6) is 1.75. The Hall–Kier alpha value is -0.940. The SMILES string of the molecule is CNC(C)C(C)c1nc(CCN(C)C)no1. The quantitative estimate of drug-likeness (QED) is 0.780. The molecule has 0 spiro atoms. The van der Waals surface area contributed by atoms with Crippen molar-refractivity contribution in [1.29, 1.82) is 0 Å². The topological polar surface area (TPSA) is 54.2 Å². The van der Waals surface area contributed by atoms with Crippen molar-refractivity contribution in [2.45, 2.75) is 32.2 Å². The zero-order valence-electron chi connectivity index (χ0n) is 10.8. The second-order valence-corrected chi connectivity index (χ2v) is 4.47. The van der Waals surface area contributed by atoms with Gasteiger partial charge in [-0.15, -0.1) is 0 Å². The van der Waals surface area contributed by atoms with Crippen LogP contribution < -0.4 is 5.32 Å². The number of likely N-dealkylation sites (N-methyl/N-ethyl adjacent to an activating group) is 2. The van der Waals surface area contributed by atoms with Crippen LogP contribution in [0.25, 0.3) is 0 Å². The van der Waals surface area contributed by atoms with Gasteiger partial charge in [0.1, 0.15) is 0 Å². The second-order valence-electron chi connectivity index (χ2n) is 4.47. The molecule has 16 heavy (non-hydrogen) atoms. The summed E-state index contributed by atoms with van der Waals surface area (Å²) < 4.78 is 5.26. The molecule has 0 aromatic carbocycles. The Morgan fingerprint density at radius 3 is 2.62 bits per heavy atom. The molecule has 0 aliphatic heterocycles. The minimum absolute atomic E-state index is 0.241. The monoisotopic (exact) mass is 226 g/mol. The van der Waals surface area contributed by atoms with E-state index in [1.54, 1.807) is 0 Å². The van der Waals surface area contributed by atoms with E-state index in [0.717, 1.165) is 24.7 Å². The van der Waals surface area contributed by atoms with Gasteiger partial charge in [0.25, 0.3) is 0 Å². The van der Waals surface area contributed by atoms with Crippen molar-refractivity contribution >= 4 is 0 Å². The van der Waals surface area contributed by atoms with Gasteiger partial charge in [-0.2, -0.15) is 4.98 Å². The Bertz CT molecular complexity index is 311. The van der Waals surface area contributed by atoms with E-state index in [9.17, 15) is 0 Å². The highest BCUT2D eigenvalue weighted by Gasteiger charge is 2.19. The fraction of sp³-hybridized carbons (Fsp3) is 0.818. The molecule has 1 heterocycles. The first kappa shape index (κ1) is 13.1. The highest BCUT2D eigenvalue weighted by molar-refractivity contribution is 4.96. The predicted molar refractivity (Wildman–Crippen MR) is 63.5 cm³/mol. The van der Waals surface area contributed by atoms with Crippen LogP contribution in [-0.4, -0.2) is 48.8 Å². The van der Waals surface area contributed by atoms with Crippen LogP contribution in [0.3, 0.4) is 0 Å². The van der Waals surface area contributed by atoms with E-state index < -0.39 is 0 Å². The average molecular weight is 226 g/mol. The average Bonchev–Trinajstić information content (AvgIpc) is 2.72. The molecule has 2 unspecified atom stereocenters. The number of hydrogen-bond acceptors (Lipinski definition) is 5. The molecule has 92 valence electrons. The summed E-state index contributed by atoms with van der Waals surface area (Å²) in [5, 5.41) is 7.17. The first-order valence-electron chi connectivity index (χ1n) is 5.69. The minimum Gasteiger partial charge on any atom is -0.339 e. The summed E-state index contributed by atoms with van der Waals surface area (Å²) in [6, 6.07) is 0.335. The van der Waals surface area contributed by atoms with E-state index in [1.807, 2.05) is 21.1 Å². The molecule has 0 amide bonds. The maximum absolute atomic E-state index is 5.26. The van der Waals surface area contributed by atoms with Crippen LogP contribution in [0.1, 0.15) is 31.5 Å². The van der Waals surface area contributed by atoms with Crippen LogP contribution in [0.5, 0.6) is 0 Å². The molecule has 0 fully saturated rings. The summed E-state index contributed by atoms with van der Waals surface area (Å²) in [6.07, 6.45) is 0.831. The summed E-state index contributed by atoms with van der Waals surface area (Å²) >= 11 is 0. The molecular formula is C11H22N4O. The largest absolute Gasteiger partial charge is 0.339 e. The molecule has 0 saturated carbocycles. The van der Waals surface area contributed by atoms with E-state index in [0.29, 0.717) is 6.04 Å². The second kappa shape index (κ2) is 5.96. The summed E-state index contributed by atoms with van der Waals surface area (Å²) in [5.41, 5.74) is 0. The van der Waals surface area contributed by atoms with Crippen molar-refractivity contribution in [3.8, 4) is 0 Å². The van der Waals surface area contributed by atoms with Gasteiger partial charge in [-0.25, -0.2) is 0 Å². The third-order valence-electron chi connectivity index (χ3n) is 2.86. The lowest BCUT2D eigenvalue weighted by molar-refractivity contribution is 0.331. The number of nitrogens with one attached hydrogen (secondary N) is 1. The molecular weight excluding hydrogens is 204 g/mol. The van der Waals surface area contributed by atoms with Gasteiger partial charge < -0.3 is 14.7 Å². The standard InChI is InChI=1S/C11H22N4O/c1-8(9(2)12-3)11-13-10(14-16-11)6-7-15(4)5/h8-9,12H,6-7H2,1-5H3. The Labute approximate surface area is 97.2 Å². The molecule has 1 aromatic rings. The molecule has 0 aliphatic rings. The number of hydrogen-bond donors (Lipinski definition) is 1. The van der Waals surface area contributed by atoms with Crippen LogP contribution in [0, 0.1) is 0 Å². The molecule has 1 N–H and O–H groups in total. The molecule has 0 aliphatic carbocycles. The van der Waals surface area contributed by atoms with Crippen LogP contribution in [0.2, 0.25) is 0 Å². The van der Waals surface area contributed by atoms with Crippen molar-refractivity contribution in [2.75, 3.05) is 27.7 Å². The maximum atomic E-state index is 5.26. The molecule has 0 bridgehead atoms. The van der Waals surface area contributed by atoms with E-state index in [-0.39, 0.29) is 5.92 Å². The van der Waals surface area contributed by atoms with E-state index in [2.05, 4.69) is 34.2 Å². The lowest BCUT2D eigenvalue weighted by Crippen LogP contribution is -2.27. The highest BCUT2D eigenvalue weighted by Crippen LogP contribution is 2.16. The molecule has 5 heteroatoms. The van der Waals surface area contributed by atoms with Crippen LogP contribution >= 0.6 is 0 Å². The summed E-state index contributed by atoms with van der Waals surface area (Å²) in [7, 11) is 6.00. The van der Waals surface area contributed by atoms with E-state index >= 15 is 0 Å². The zero-order chi connectivity index (χ0) is 12.1. The van der Waals surface area contributed by atoms with Crippen LogP contribution in [0.4, 0.5) is 0 Å². The van der Waals surface area contributed by atoms with Gasteiger partial charge in [0.15, 0.2) is 5.82 Å². The van der Waals surface area contributed by atoms with Crippen molar-refractivity contribution < 1.29 is 4.52 Å². The number of nitrogens with zero attached hydrogens (tertiary/aromatic N) is 3. The van der Waals surface area contributed by atoms with Gasteiger partial charge in [0, 0.05) is 19.0 Å². The minimum atomic E-state index is 0.241. The van der Waals surface area contributed by atoms with Crippen molar-refractivity contribution in [3.63, 3.8) is 0 Å². The fourth-order valence-corrected chi connectivity index (χ4v) is 1.34. The first-order chi connectivity index (χ1) is 7.54. The number of rotatable bonds is 6. The molecule has 2 atom stereocenters. The van der Waals surface area contributed by atoms with Gasteiger partial charge in [-0.1, -0.05) is 12.1 Å². The zero-order valence-corrected chi connectivity index (χ0v) is 10.8. The fourth-order valence-electron chi connectivity index (χ4n) is 1.34. The van der Waals surface area contributed by atoms with Crippen LogP contribution in [-0.2, 0) is 6.42 Å². The smallest absolute Gasteiger partial charge is 0.231 e. The third-order valence-corrected chi connectivity index (χ3v) is 2.86. The molecule has 1 rings (SSSR count). The van der Waals surface area contributed by atoms with Crippen LogP contribution in [0.15, 0.2) is 4.52 Å². The summed E-state index contributed by atoms with van der Waals surface area (Å²) in [4.78, 5) is 6.51. The molecule has 5 nitrogen and oxygen atoms in total. The lowest BCUT2D eigenvalue weighted by atomic mass is 10.0. The van der Waals surface area contributed by atoms with E-state index in [4.69, 9.17) is 4.52 Å². The summed E-state index contributed by atoms with van der Waals surface area (Å²) in [6.45, 7) is 5.13. The van der Waals surface area contributed by atoms with Crippen molar-refractivity contribution in [1.82, 2.24) is 20.4 Å². The molecule has 0 radical (unpaired) electrons. The van der Waals surface area contributed by atoms with Gasteiger partial charge in [-0.3, -0.25) is 0 Å². The van der Waals surface area contributed by atoms with Crippen molar-refractivity contribution in [2.24, 2.45) is 0 Å².